The third kappa shape index (κ3) is 7.29. The van der Waals surface area contributed by atoms with Crippen molar-refractivity contribution in [1.82, 2.24) is 0 Å². The summed E-state index contributed by atoms with van der Waals surface area (Å²) < 4.78 is 11.2. The lowest BCUT2D eigenvalue weighted by Crippen LogP contribution is -2.07. The number of nitro benzene ring substituents is 1. The average molecular weight is 398 g/mol. The number of nitrogens with one attached hydrogen (secondary N) is 1. The molecule has 0 atom stereocenters. The molecule has 0 aliphatic rings. The zero-order valence-corrected chi connectivity index (χ0v) is 16.7. The second-order valence-electron chi connectivity index (χ2n) is 6.45. The quantitative estimate of drug-likeness (QED) is 0.243. The number of rotatable bonds is 11. The zero-order valence-electron chi connectivity index (χ0n) is 16.7. The summed E-state index contributed by atoms with van der Waals surface area (Å²) in [6, 6.07) is 11.1. The van der Waals surface area contributed by atoms with Gasteiger partial charge in [-0.1, -0.05) is 32.3 Å². The zero-order chi connectivity index (χ0) is 21.1. The van der Waals surface area contributed by atoms with Crippen LogP contribution in [-0.4, -0.2) is 24.5 Å². The Labute approximate surface area is 170 Å². The summed E-state index contributed by atoms with van der Waals surface area (Å²) in [7, 11) is 1.58. The second kappa shape index (κ2) is 11.5. The predicted molar refractivity (Wildman–Crippen MR) is 113 cm³/mol. The Morgan fingerprint density at radius 3 is 2.52 bits per heavy atom. The molecule has 0 aromatic heterocycles. The number of hydrogen-bond acceptors (Lipinski definition) is 5. The van der Waals surface area contributed by atoms with Crippen LogP contribution in [0.25, 0.3) is 6.08 Å². The fourth-order valence-corrected chi connectivity index (χ4v) is 2.64. The van der Waals surface area contributed by atoms with Crippen molar-refractivity contribution in [2.75, 3.05) is 19.0 Å². The van der Waals surface area contributed by atoms with E-state index in [1.54, 1.807) is 19.3 Å². The number of ether oxygens (including phenoxy) is 2. The number of nitro groups is 1. The lowest BCUT2D eigenvalue weighted by Gasteiger charge is -2.11. The number of benzene rings is 2. The molecule has 2 aromatic carbocycles. The summed E-state index contributed by atoms with van der Waals surface area (Å²) in [6.07, 6.45) is 7.58. The van der Waals surface area contributed by atoms with Gasteiger partial charge in [-0.2, -0.15) is 0 Å². The molecule has 0 saturated heterocycles. The number of carbonyl (C=O) groups excluding carboxylic acids is 1. The van der Waals surface area contributed by atoms with E-state index in [9.17, 15) is 14.9 Å². The number of methoxy groups -OCH3 is 1. The Morgan fingerprint density at radius 1 is 1.10 bits per heavy atom. The van der Waals surface area contributed by atoms with Gasteiger partial charge in [0.15, 0.2) is 11.5 Å². The van der Waals surface area contributed by atoms with Crippen LogP contribution in [0.15, 0.2) is 48.5 Å². The van der Waals surface area contributed by atoms with E-state index >= 15 is 0 Å². The molecule has 0 radical (unpaired) electrons. The Bertz CT molecular complexity index is 847. The van der Waals surface area contributed by atoms with Gasteiger partial charge in [0.25, 0.3) is 5.69 Å². The van der Waals surface area contributed by atoms with Gasteiger partial charge in [-0.25, -0.2) is 0 Å². The van der Waals surface area contributed by atoms with Crippen molar-refractivity contribution < 1.29 is 19.2 Å². The van der Waals surface area contributed by atoms with Crippen LogP contribution in [0.4, 0.5) is 11.4 Å². The molecule has 2 rings (SSSR count). The highest BCUT2D eigenvalue weighted by Crippen LogP contribution is 2.29. The van der Waals surface area contributed by atoms with E-state index in [0.29, 0.717) is 23.8 Å². The van der Waals surface area contributed by atoms with Crippen LogP contribution in [0.2, 0.25) is 0 Å². The lowest BCUT2D eigenvalue weighted by molar-refractivity contribution is -0.384. The first-order valence-electron chi connectivity index (χ1n) is 9.58. The first-order valence-corrected chi connectivity index (χ1v) is 9.58. The molecule has 0 spiro atoms. The minimum absolute atomic E-state index is 0.0293. The largest absolute Gasteiger partial charge is 0.493 e. The van der Waals surface area contributed by atoms with Gasteiger partial charge in [0.1, 0.15) is 0 Å². The third-order valence-corrected chi connectivity index (χ3v) is 4.22. The smallest absolute Gasteiger partial charge is 0.269 e. The minimum Gasteiger partial charge on any atom is -0.493 e. The monoisotopic (exact) mass is 398 g/mol. The summed E-state index contributed by atoms with van der Waals surface area (Å²) in [5.41, 5.74) is 1.24. The van der Waals surface area contributed by atoms with Gasteiger partial charge in [-0.3, -0.25) is 14.9 Å². The second-order valence-corrected chi connectivity index (χ2v) is 6.45. The van der Waals surface area contributed by atoms with Crippen LogP contribution >= 0.6 is 0 Å². The maximum absolute atomic E-state index is 12.1. The Hall–Kier alpha value is -3.35. The molecular weight excluding hydrogens is 372 g/mol. The van der Waals surface area contributed by atoms with Crippen molar-refractivity contribution in [3.05, 3.63) is 64.2 Å². The number of unbranched alkanes of at least 4 members (excludes halogenated alkanes) is 3. The Balaban J connectivity index is 1.93. The van der Waals surface area contributed by atoms with Crippen LogP contribution < -0.4 is 14.8 Å². The van der Waals surface area contributed by atoms with Crippen molar-refractivity contribution in [2.45, 2.75) is 32.6 Å². The number of amides is 1. The maximum Gasteiger partial charge on any atom is 0.269 e. The molecule has 0 aliphatic carbocycles. The average Bonchev–Trinajstić information content (AvgIpc) is 2.73. The van der Waals surface area contributed by atoms with Crippen LogP contribution in [0, 0.1) is 10.1 Å². The highest BCUT2D eigenvalue weighted by Gasteiger charge is 2.07. The number of non-ortho nitro benzene ring substituents is 1. The maximum atomic E-state index is 12.1. The Kier molecular flexibility index (Phi) is 8.69. The van der Waals surface area contributed by atoms with Crippen molar-refractivity contribution >= 4 is 23.4 Å². The van der Waals surface area contributed by atoms with Crippen molar-refractivity contribution in [2.24, 2.45) is 0 Å². The number of nitrogens with zero attached hydrogens (tertiary/aromatic N) is 1. The topological polar surface area (TPSA) is 90.7 Å². The van der Waals surface area contributed by atoms with Gasteiger partial charge in [-0.15, -0.1) is 0 Å². The third-order valence-electron chi connectivity index (χ3n) is 4.22. The van der Waals surface area contributed by atoms with Gasteiger partial charge >= 0.3 is 0 Å². The van der Waals surface area contributed by atoms with E-state index in [1.807, 2.05) is 12.1 Å². The van der Waals surface area contributed by atoms with Crippen LogP contribution in [0.3, 0.4) is 0 Å². The van der Waals surface area contributed by atoms with E-state index < -0.39 is 4.92 Å². The van der Waals surface area contributed by atoms with Crippen LogP contribution in [0.1, 0.15) is 38.2 Å². The summed E-state index contributed by atoms with van der Waals surface area (Å²) in [4.78, 5) is 22.2. The number of carbonyl (C=O) groups is 1. The summed E-state index contributed by atoms with van der Waals surface area (Å²) in [6.45, 7) is 2.81. The minimum atomic E-state index is -0.489. The molecule has 1 amide bonds. The standard InChI is InChI=1S/C22H26N2O5/c1-3-4-5-6-15-29-20-13-7-17(16-21(20)28-2)8-14-22(25)23-18-9-11-19(12-10-18)24(26)27/h7-14,16H,3-6,15H2,1-2H3,(H,23,25)/b14-8+. The molecule has 0 aliphatic heterocycles. The van der Waals surface area contributed by atoms with Crippen LogP contribution in [0.5, 0.6) is 11.5 Å². The molecule has 0 heterocycles. The van der Waals surface area contributed by atoms with Gasteiger partial charge in [0.2, 0.25) is 5.91 Å². The first-order chi connectivity index (χ1) is 14.0. The fourth-order valence-electron chi connectivity index (χ4n) is 2.64. The molecule has 29 heavy (non-hydrogen) atoms. The molecule has 1 N–H and O–H groups in total. The summed E-state index contributed by atoms with van der Waals surface area (Å²) in [5, 5.41) is 13.3. The van der Waals surface area contributed by atoms with Crippen molar-refractivity contribution in [3.63, 3.8) is 0 Å². The van der Waals surface area contributed by atoms with Gasteiger partial charge in [0, 0.05) is 23.9 Å². The molecule has 154 valence electrons. The molecular formula is C22H26N2O5. The van der Waals surface area contributed by atoms with Gasteiger partial charge in [-0.05, 0) is 42.3 Å². The molecule has 7 heteroatoms. The molecule has 2 aromatic rings. The molecule has 0 saturated carbocycles. The van der Waals surface area contributed by atoms with Gasteiger partial charge in [0.05, 0.1) is 18.6 Å². The SMILES string of the molecule is CCCCCCOc1ccc(/C=C/C(=O)Nc2ccc([N+](=O)[O-])cc2)cc1OC. The van der Waals surface area contributed by atoms with Crippen molar-refractivity contribution in [3.8, 4) is 11.5 Å². The first kappa shape index (κ1) is 21.9. The molecule has 0 unspecified atom stereocenters. The highest BCUT2D eigenvalue weighted by atomic mass is 16.6. The summed E-state index contributed by atoms with van der Waals surface area (Å²) >= 11 is 0. The van der Waals surface area contributed by atoms with Crippen molar-refractivity contribution in [1.29, 1.82) is 0 Å². The fraction of sp³-hybridized carbons (Fsp3) is 0.318. The summed E-state index contributed by atoms with van der Waals surface area (Å²) in [5.74, 6) is 0.948. The molecule has 0 fully saturated rings. The number of anilines is 1. The van der Waals surface area contributed by atoms with Crippen LogP contribution in [-0.2, 0) is 4.79 Å². The predicted octanol–water partition coefficient (Wildman–Crippen LogP) is 5.21. The Morgan fingerprint density at radius 2 is 1.86 bits per heavy atom. The molecule has 0 bridgehead atoms. The van der Waals surface area contributed by atoms with E-state index in [-0.39, 0.29) is 11.6 Å². The van der Waals surface area contributed by atoms with E-state index in [2.05, 4.69) is 12.2 Å². The number of hydrogen-bond donors (Lipinski definition) is 1. The molecule has 7 nitrogen and oxygen atoms in total. The van der Waals surface area contributed by atoms with E-state index in [1.165, 1.54) is 43.2 Å². The highest BCUT2D eigenvalue weighted by molar-refractivity contribution is 6.02. The van der Waals surface area contributed by atoms with Gasteiger partial charge < -0.3 is 14.8 Å². The normalized spacial score (nSPS) is 10.7. The van der Waals surface area contributed by atoms with E-state index in [4.69, 9.17) is 9.47 Å². The van der Waals surface area contributed by atoms with E-state index in [0.717, 1.165) is 18.4 Å². The lowest BCUT2D eigenvalue weighted by atomic mass is 10.2.